The number of aryl methyl sites for hydroxylation is 2. The van der Waals surface area contributed by atoms with Gasteiger partial charge >= 0.3 is 0 Å². The average molecular weight is 311 g/mol. The summed E-state index contributed by atoms with van der Waals surface area (Å²) in [5.41, 5.74) is 10.1. The normalized spacial score (nSPS) is 15.0. The molecular weight excluding hydrogens is 286 g/mol. The summed E-state index contributed by atoms with van der Waals surface area (Å²) in [6.45, 7) is 6.46. The highest BCUT2D eigenvalue weighted by molar-refractivity contribution is 5.53. The number of carbonyl (C=O) groups excluding carboxylic acids is 1. The fourth-order valence-electron chi connectivity index (χ4n) is 2.79. The third-order valence-electron chi connectivity index (χ3n) is 4.10. The van der Waals surface area contributed by atoms with Crippen molar-refractivity contribution in [1.29, 1.82) is 0 Å². The van der Waals surface area contributed by atoms with Gasteiger partial charge in [-0.3, -0.25) is 0 Å². The van der Waals surface area contributed by atoms with Crippen LogP contribution in [0.25, 0.3) is 0 Å². The molecule has 0 bridgehead atoms. The second-order valence-corrected chi connectivity index (χ2v) is 6.27. The van der Waals surface area contributed by atoms with E-state index in [4.69, 9.17) is 10.5 Å². The van der Waals surface area contributed by atoms with Gasteiger partial charge in [-0.05, 0) is 31.9 Å². The zero-order valence-corrected chi connectivity index (χ0v) is 14.1. The van der Waals surface area contributed by atoms with Crippen LogP contribution >= 0.6 is 0 Å². The van der Waals surface area contributed by atoms with Gasteiger partial charge in [0.05, 0.1) is 18.2 Å². The van der Waals surface area contributed by atoms with Gasteiger partial charge in [0, 0.05) is 6.42 Å². The second kappa shape index (κ2) is 7.53. The quantitative estimate of drug-likeness (QED) is 0.791. The molecule has 0 aromatic heterocycles. The van der Waals surface area contributed by atoms with Gasteiger partial charge in [0.2, 0.25) is 0 Å². The summed E-state index contributed by atoms with van der Waals surface area (Å²) in [7, 11) is 0. The zero-order valence-electron chi connectivity index (χ0n) is 14.1. The lowest BCUT2D eigenvalue weighted by molar-refractivity contribution is -0.109. The summed E-state index contributed by atoms with van der Waals surface area (Å²) in [6.07, 6.45) is 1.01. The van der Waals surface area contributed by atoms with Gasteiger partial charge in [0.25, 0.3) is 0 Å². The van der Waals surface area contributed by atoms with E-state index in [2.05, 4.69) is 32.0 Å². The molecule has 0 amide bonds. The third kappa shape index (κ3) is 4.50. The lowest BCUT2D eigenvalue weighted by atomic mass is 9.89. The molecule has 2 aromatic carbocycles. The monoisotopic (exact) mass is 311 g/mol. The van der Waals surface area contributed by atoms with Crippen molar-refractivity contribution in [3.63, 3.8) is 0 Å². The maximum Gasteiger partial charge on any atom is 0.122 e. The Labute approximate surface area is 138 Å². The summed E-state index contributed by atoms with van der Waals surface area (Å²) in [4.78, 5) is 11.1. The lowest BCUT2D eigenvalue weighted by Gasteiger charge is -2.29. The fraction of sp³-hybridized carbons (Fsp3) is 0.350. The van der Waals surface area contributed by atoms with Gasteiger partial charge in [-0.2, -0.15) is 0 Å². The van der Waals surface area contributed by atoms with Crippen LogP contribution in [0.15, 0.2) is 48.5 Å². The van der Waals surface area contributed by atoms with Crippen LogP contribution in [-0.2, 0) is 15.1 Å². The van der Waals surface area contributed by atoms with E-state index >= 15 is 0 Å². The predicted molar refractivity (Wildman–Crippen MR) is 93.3 cm³/mol. The summed E-state index contributed by atoms with van der Waals surface area (Å²) >= 11 is 0. The maximum absolute atomic E-state index is 11.1. The third-order valence-corrected chi connectivity index (χ3v) is 4.10. The Bertz CT molecular complexity index is 634. The number of hydrogen-bond donors (Lipinski definition) is 1. The molecule has 0 fully saturated rings. The first kappa shape index (κ1) is 17.4. The first-order chi connectivity index (χ1) is 10.9. The molecule has 0 radical (unpaired) electrons. The molecule has 3 nitrogen and oxygen atoms in total. The number of rotatable bonds is 7. The van der Waals surface area contributed by atoms with Crippen LogP contribution in [0.3, 0.4) is 0 Å². The van der Waals surface area contributed by atoms with E-state index in [-0.39, 0.29) is 12.5 Å². The molecule has 122 valence electrons. The molecule has 3 heteroatoms. The van der Waals surface area contributed by atoms with Crippen molar-refractivity contribution in [3.05, 3.63) is 70.8 Å². The van der Waals surface area contributed by atoms with Gasteiger partial charge in [-0.15, -0.1) is 0 Å². The van der Waals surface area contributed by atoms with E-state index in [1.54, 1.807) is 0 Å². The Hall–Kier alpha value is -1.97. The molecule has 0 aliphatic carbocycles. The molecule has 0 spiro atoms. The Balaban J connectivity index is 2.13. The molecule has 0 unspecified atom stereocenters. The van der Waals surface area contributed by atoms with Crippen LogP contribution < -0.4 is 5.73 Å². The molecule has 0 saturated heterocycles. The van der Waals surface area contributed by atoms with E-state index < -0.39 is 5.54 Å². The summed E-state index contributed by atoms with van der Waals surface area (Å²) in [6, 6.07) is 16.0. The summed E-state index contributed by atoms with van der Waals surface area (Å²) < 4.78 is 6.03. The number of hydrogen-bond acceptors (Lipinski definition) is 3. The van der Waals surface area contributed by atoms with E-state index in [0.29, 0.717) is 6.61 Å². The first-order valence-corrected chi connectivity index (χ1v) is 7.92. The second-order valence-electron chi connectivity index (χ2n) is 6.27. The summed E-state index contributed by atoms with van der Waals surface area (Å²) in [5.74, 6) is 0. The molecule has 23 heavy (non-hydrogen) atoms. The van der Waals surface area contributed by atoms with E-state index in [1.165, 1.54) is 11.1 Å². The van der Waals surface area contributed by atoms with Crippen LogP contribution in [-0.4, -0.2) is 12.9 Å². The van der Waals surface area contributed by atoms with Crippen molar-refractivity contribution in [2.45, 2.75) is 38.8 Å². The molecule has 2 aromatic rings. The lowest BCUT2D eigenvalue weighted by Crippen LogP contribution is -2.42. The number of aldehydes is 1. The molecule has 2 N–H and O–H groups in total. The van der Waals surface area contributed by atoms with Crippen LogP contribution in [0.2, 0.25) is 0 Å². The van der Waals surface area contributed by atoms with E-state index in [0.717, 1.165) is 17.4 Å². The van der Waals surface area contributed by atoms with Crippen molar-refractivity contribution >= 4 is 6.29 Å². The molecule has 2 rings (SSSR count). The van der Waals surface area contributed by atoms with Crippen LogP contribution in [0, 0.1) is 13.8 Å². The van der Waals surface area contributed by atoms with Gasteiger partial charge in [-0.1, -0.05) is 59.7 Å². The molecule has 2 atom stereocenters. The minimum absolute atomic E-state index is 0.0770. The van der Waals surface area contributed by atoms with E-state index in [9.17, 15) is 4.79 Å². The van der Waals surface area contributed by atoms with Crippen molar-refractivity contribution in [2.75, 3.05) is 6.61 Å². The van der Waals surface area contributed by atoms with E-state index in [1.807, 2.05) is 37.3 Å². The number of nitrogens with two attached hydrogens (primary N) is 1. The van der Waals surface area contributed by atoms with Crippen LogP contribution in [0.5, 0.6) is 0 Å². The van der Waals surface area contributed by atoms with Crippen molar-refractivity contribution in [1.82, 2.24) is 0 Å². The van der Waals surface area contributed by atoms with Crippen LogP contribution in [0.1, 0.15) is 41.7 Å². The highest BCUT2D eigenvalue weighted by Gasteiger charge is 2.28. The molecule has 0 aliphatic heterocycles. The Kier molecular flexibility index (Phi) is 5.69. The highest BCUT2D eigenvalue weighted by atomic mass is 16.5. The van der Waals surface area contributed by atoms with Crippen LogP contribution in [0.4, 0.5) is 0 Å². The number of ether oxygens (including phenoxy) is 1. The highest BCUT2D eigenvalue weighted by Crippen LogP contribution is 2.26. The van der Waals surface area contributed by atoms with Crippen molar-refractivity contribution in [3.8, 4) is 0 Å². The predicted octanol–water partition coefficient (Wildman–Crippen LogP) is 3.82. The number of benzene rings is 2. The maximum atomic E-state index is 11.1. The Morgan fingerprint density at radius 3 is 2.30 bits per heavy atom. The van der Waals surface area contributed by atoms with Gasteiger partial charge in [0.1, 0.15) is 6.29 Å². The smallest absolute Gasteiger partial charge is 0.122 e. The topological polar surface area (TPSA) is 52.3 Å². The first-order valence-electron chi connectivity index (χ1n) is 7.92. The minimum atomic E-state index is -0.795. The average Bonchev–Trinajstić information content (AvgIpc) is 2.53. The van der Waals surface area contributed by atoms with Crippen molar-refractivity contribution < 1.29 is 9.53 Å². The summed E-state index contributed by atoms with van der Waals surface area (Å²) in [5, 5.41) is 0. The largest absolute Gasteiger partial charge is 0.372 e. The fourth-order valence-corrected chi connectivity index (χ4v) is 2.79. The number of carbonyl (C=O) groups is 1. The molecule has 0 saturated carbocycles. The van der Waals surface area contributed by atoms with Gasteiger partial charge in [-0.25, -0.2) is 0 Å². The molecule has 0 aliphatic rings. The molecular formula is C20H25NO2. The standard InChI is InChI=1S/C20H25NO2/c1-15-11-16(2)13-18(12-15)17(3)23-14-20(21,9-10-22)19-7-5-4-6-8-19/h4-8,10-13,17H,9,14,21H2,1-3H3/t17-,20-/m1/s1. The van der Waals surface area contributed by atoms with Gasteiger partial charge < -0.3 is 15.3 Å². The Morgan fingerprint density at radius 2 is 1.74 bits per heavy atom. The zero-order chi connectivity index (χ0) is 16.9. The minimum Gasteiger partial charge on any atom is -0.372 e. The molecule has 0 heterocycles. The Morgan fingerprint density at radius 1 is 1.13 bits per heavy atom. The SMILES string of the molecule is Cc1cc(C)cc([C@@H](C)OC[C@](N)(CC=O)c2ccccc2)c1. The van der Waals surface area contributed by atoms with Crippen molar-refractivity contribution in [2.24, 2.45) is 5.73 Å². The van der Waals surface area contributed by atoms with Gasteiger partial charge in [0.15, 0.2) is 0 Å².